The number of cyclic esters (lactones) is 1. The van der Waals surface area contributed by atoms with Gasteiger partial charge in [-0.3, -0.25) is 9.69 Å². The van der Waals surface area contributed by atoms with Crippen LogP contribution in [0.15, 0.2) is 35.9 Å². The van der Waals surface area contributed by atoms with Crippen molar-refractivity contribution in [2.24, 2.45) is 11.8 Å². The van der Waals surface area contributed by atoms with Crippen molar-refractivity contribution in [2.75, 3.05) is 70.4 Å². The van der Waals surface area contributed by atoms with Gasteiger partial charge in [-0.2, -0.15) is 0 Å². The topological polar surface area (TPSA) is 106 Å². The number of benzene rings is 1. The van der Waals surface area contributed by atoms with Crippen molar-refractivity contribution < 1.29 is 33.7 Å². The second-order valence-corrected chi connectivity index (χ2v) is 14.9. The van der Waals surface area contributed by atoms with E-state index in [1.807, 2.05) is 50.0 Å². The summed E-state index contributed by atoms with van der Waals surface area (Å²) in [5, 5.41) is 20.0. The second-order valence-electron chi connectivity index (χ2n) is 14.9. The average molecular weight is 699 g/mol. The molecule has 0 radical (unpaired) electrons. The molecule has 5 atom stereocenters. The Morgan fingerprint density at radius 1 is 0.960 bits per heavy atom. The number of halogens is 1. The SMILES string of the molecule is C/C(=C\c1cc(F)cc(N2CCN(CCO)CC2)c1)[C@H]1OC(=O)C[C@H](O)CC[C@H](C)[C@@H](OC(=O)N2CCC(N3CCCCC3)CC2)/C=C/[C@@H]1C. The standard InChI is InChI=1S/C39H59FN4O6/c1-28-7-9-35(46)27-37(47)50-38(30(3)23-31-24-32(40)26-34(25-31)43-19-17-41(18-20-43)21-22-45)29(2)8-10-36(28)49-39(48)44-15-11-33(12-16-44)42-13-5-4-6-14-42/h8,10,23-26,28-29,33,35-36,38,45-46H,4-7,9,11-22,27H2,1-3H3/b10-8+,30-23+/t28-,29-,35+,36-,38-/m0/s1. The van der Waals surface area contributed by atoms with Crippen molar-refractivity contribution in [3.8, 4) is 0 Å². The molecule has 10 nitrogen and oxygen atoms in total. The van der Waals surface area contributed by atoms with Gasteiger partial charge in [0.25, 0.3) is 0 Å². The first-order valence-electron chi connectivity index (χ1n) is 18.9. The van der Waals surface area contributed by atoms with Crippen LogP contribution in [-0.4, -0.2) is 127 Å². The third-order valence-electron chi connectivity index (χ3n) is 11.0. The predicted molar refractivity (Wildman–Crippen MR) is 193 cm³/mol. The Hall–Kier alpha value is -2.99. The maximum Gasteiger partial charge on any atom is 0.410 e. The number of hydrogen-bond donors (Lipinski definition) is 2. The lowest BCUT2D eigenvalue weighted by atomic mass is 9.91. The van der Waals surface area contributed by atoms with Crippen LogP contribution >= 0.6 is 0 Å². The number of piperidine rings is 2. The molecule has 4 aliphatic heterocycles. The molecule has 4 heterocycles. The van der Waals surface area contributed by atoms with Gasteiger partial charge in [-0.05, 0) is 99.9 Å². The first-order valence-corrected chi connectivity index (χ1v) is 18.9. The highest BCUT2D eigenvalue weighted by atomic mass is 19.1. The lowest BCUT2D eigenvalue weighted by Crippen LogP contribution is -2.48. The summed E-state index contributed by atoms with van der Waals surface area (Å²) in [5.74, 6) is -1.18. The van der Waals surface area contributed by atoms with Crippen LogP contribution in [0.2, 0.25) is 0 Å². The zero-order valence-electron chi connectivity index (χ0n) is 30.4. The summed E-state index contributed by atoms with van der Waals surface area (Å²) in [4.78, 5) is 35.2. The molecule has 0 saturated carbocycles. The Bertz CT molecular complexity index is 1320. The maximum atomic E-state index is 14.9. The van der Waals surface area contributed by atoms with E-state index in [2.05, 4.69) is 14.7 Å². The van der Waals surface area contributed by atoms with Gasteiger partial charge in [0.1, 0.15) is 18.0 Å². The second kappa shape index (κ2) is 18.5. The van der Waals surface area contributed by atoms with Crippen molar-refractivity contribution in [3.63, 3.8) is 0 Å². The number of likely N-dealkylation sites (tertiary alicyclic amines) is 2. The van der Waals surface area contributed by atoms with E-state index in [0.717, 1.165) is 63.4 Å². The fraction of sp³-hybridized carbons (Fsp3) is 0.692. The van der Waals surface area contributed by atoms with Crippen molar-refractivity contribution in [2.45, 2.75) is 96.5 Å². The molecular formula is C39H59FN4O6. The highest BCUT2D eigenvalue weighted by molar-refractivity contribution is 5.71. The van der Waals surface area contributed by atoms with E-state index >= 15 is 0 Å². The molecule has 0 unspecified atom stereocenters. The van der Waals surface area contributed by atoms with Crippen LogP contribution in [0.4, 0.5) is 14.9 Å². The Labute approximate surface area is 297 Å². The van der Waals surface area contributed by atoms with Crippen LogP contribution in [0, 0.1) is 17.7 Å². The van der Waals surface area contributed by atoms with Crippen molar-refractivity contribution in [1.29, 1.82) is 0 Å². The number of carbonyl (C=O) groups excluding carboxylic acids is 2. The van der Waals surface area contributed by atoms with E-state index in [9.17, 15) is 24.2 Å². The Morgan fingerprint density at radius 2 is 1.68 bits per heavy atom. The van der Waals surface area contributed by atoms with Crippen molar-refractivity contribution in [1.82, 2.24) is 14.7 Å². The van der Waals surface area contributed by atoms with Gasteiger partial charge >= 0.3 is 12.1 Å². The molecule has 3 saturated heterocycles. The largest absolute Gasteiger partial charge is 0.457 e. The molecule has 0 spiro atoms. The Morgan fingerprint density at radius 3 is 2.38 bits per heavy atom. The number of rotatable bonds is 7. The molecule has 0 bridgehead atoms. The summed E-state index contributed by atoms with van der Waals surface area (Å²) in [7, 11) is 0. The predicted octanol–water partition coefficient (Wildman–Crippen LogP) is 5.08. The van der Waals surface area contributed by atoms with Gasteiger partial charge in [-0.25, -0.2) is 9.18 Å². The van der Waals surface area contributed by atoms with Gasteiger partial charge in [0.05, 0.1) is 19.1 Å². The highest BCUT2D eigenvalue weighted by Crippen LogP contribution is 2.28. The van der Waals surface area contributed by atoms with Crippen LogP contribution in [-0.2, 0) is 14.3 Å². The van der Waals surface area contributed by atoms with Crippen LogP contribution in [0.3, 0.4) is 0 Å². The van der Waals surface area contributed by atoms with E-state index in [-0.39, 0.29) is 36.8 Å². The first kappa shape index (κ1) is 38.2. The lowest BCUT2D eigenvalue weighted by Gasteiger charge is -2.40. The quantitative estimate of drug-likeness (QED) is 0.298. The Balaban J connectivity index is 1.28. The minimum absolute atomic E-state index is 0.0651. The van der Waals surface area contributed by atoms with Gasteiger partial charge < -0.3 is 34.4 Å². The van der Waals surface area contributed by atoms with Gasteiger partial charge in [-0.15, -0.1) is 0 Å². The van der Waals surface area contributed by atoms with Gasteiger partial charge in [0.15, 0.2) is 0 Å². The first-order chi connectivity index (χ1) is 24.1. The summed E-state index contributed by atoms with van der Waals surface area (Å²) in [6, 6.07) is 5.49. The van der Waals surface area contributed by atoms with E-state index in [1.165, 1.54) is 31.4 Å². The number of carbonyl (C=O) groups is 2. The minimum atomic E-state index is -0.873. The number of piperazine rings is 1. The van der Waals surface area contributed by atoms with Crippen LogP contribution < -0.4 is 4.90 Å². The molecule has 11 heteroatoms. The molecule has 5 rings (SSSR count). The van der Waals surface area contributed by atoms with Crippen LogP contribution in [0.5, 0.6) is 0 Å². The van der Waals surface area contributed by atoms with Crippen molar-refractivity contribution in [3.05, 3.63) is 47.3 Å². The molecule has 2 N–H and O–H groups in total. The van der Waals surface area contributed by atoms with Crippen LogP contribution in [0.25, 0.3) is 6.08 Å². The third kappa shape index (κ3) is 10.8. The molecule has 1 amide bonds. The summed E-state index contributed by atoms with van der Waals surface area (Å²) in [6.45, 7) is 13.3. The summed E-state index contributed by atoms with van der Waals surface area (Å²) in [5.41, 5.74) is 2.19. The van der Waals surface area contributed by atoms with Gasteiger partial charge in [-0.1, -0.05) is 32.4 Å². The molecule has 0 aromatic heterocycles. The molecule has 3 fully saturated rings. The van der Waals surface area contributed by atoms with E-state index in [1.54, 1.807) is 0 Å². The number of aliphatic hydroxyl groups excluding tert-OH is 2. The molecule has 4 aliphatic rings. The van der Waals surface area contributed by atoms with E-state index < -0.39 is 24.3 Å². The average Bonchev–Trinajstić information content (AvgIpc) is 3.11. The molecule has 278 valence electrons. The number of β-amino-alcohol motifs (C(OH)–C–C–N with tert-alkyl or cyclic N) is 1. The number of nitrogens with zero attached hydrogens (tertiary/aromatic N) is 4. The minimum Gasteiger partial charge on any atom is -0.457 e. The van der Waals surface area contributed by atoms with E-state index in [0.29, 0.717) is 44.1 Å². The molecule has 1 aromatic carbocycles. The fourth-order valence-corrected chi connectivity index (χ4v) is 7.92. The number of anilines is 1. The number of ether oxygens (including phenoxy) is 2. The number of esters is 1. The molecule has 1 aromatic rings. The third-order valence-corrected chi connectivity index (χ3v) is 11.0. The molecule has 0 aliphatic carbocycles. The van der Waals surface area contributed by atoms with E-state index in [4.69, 9.17) is 9.47 Å². The smallest absolute Gasteiger partial charge is 0.410 e. The highest BCUT2D eigenvalue weighted by Gasteiger charge is 2.31. The molecular weight excluding hydrogens is 639 g/mol. The fourth-order valence-electron chi connectivity index (χ4n) is 7.92. The monoisotopic (exact) mass is 698 g/mol. The summed E-state index contributed by atoms with van der Waals surface area (Å²) < 4.78 is 27.0. The number of amides is 1. The van der Waals surface area contributed by atoms with Crippen molar-refractivity contribution >= 4 is 23.8 Å². The lowest BCUT2D eigenvalue weighted by molar-refractivity contribution is -0.151. The number of hydrogen-bond acceptors (Lipinski definition) is 9. The number of aliphatic hydroxyl groups is 2. The molecule has 50 heavy (non-hydrogen) atoms. The van der Waals surface area contributed by atoms with Gasteiger partial charge in [0.2, 0.25) is 0 Å². The normalized spacial score (nSPS) is 29.5. The zero-order valence-corrected chi connectivity index (χ0v) is 30.4. The maximum absolute atomic E-state index is 14.9. The van der Waals surface area contributed by atoms with Crippen LogP contribution in [0.1, 0.15) is 77.7 Å². The van der Waals surface area contributed by atoms with Gasteiger partial charge in [0, 0.05) is 63.5 Å². The Kier molecular flexibility index (Phi) is 14.1. The summed E-state index contributed by atoms with van der Waals surface area (Å²) >= 11 is 0. The summed E-state index contributed by atoms with van der Waals surface area (Å²) in [6.07, 6.45) is 9.95. The zero-order chi connectivity index (χ0) is 35.6.